The molecule has 0 saturated carbocycles. The van der Waals surface area contributed by atoms with Gasteiger partial charge in [0.25, 0.3) is 0 Å². The van der Waals surface area contributed by atoms with Crippen LogP contribution >= 0.6 is 0 Å². The number of fused-ring (bicyclic) bond motifs is 2. The number of carbonyl (C=O) groups is 2. The second-order valence-corrected chi connectivity index (χ2v) is 15.1. The molecule has 1 aliphatic carbocycles. The molecule has 0 N–H and O–H groups in total. The number of ketones is 1. The highest BCUT2D eigenvalue weighted by Gasteiger charge is 2.66. The average molecular weight is 447 g/mol. The van der Waals surface area contributed by atoms with Crippen molar-refractivity contribution in [3.63, 3.8) is 0 Å². The highest BCUT2D eigenvalue weighted by atomic mass is 28.4. The van der Waals surface area contributed by atoms with Crippen LogP contribution in [0.25, 0.3) is 0 Å². The largest absolute Gasteiger partial charge is 0.493 e. The Bertz CT molecular complexity index is 888. The van der Waals surface area contributed by atoms with Crippen LogP contribution in [-0.4, -0.2) is 53.1 Å². The van der Waals surface area contributed by atoms with E-state index >= 15 is 0 Å². The minimum absolute atomic E-state index is 0.0447. The zero-order valence-corrected chi connectivity index (χ0v) is 20.7. The molecule has 4 atom stereocenters. The predicted octanol–water partition coefficient (Wildman–Crippen LogP) is 3.95. The van der Waals surface area contributed by atoms with Crippen molar-refractivity contribution < 1.29 is 28.2 Å². The molecule has 0 amide bonds. The lowest BCUT2D eigenvalue weighted by molar-refractivity contribution is -0.145. The van der Waals surface area contributed by atoms with Gasteiger partial charge in [-0.15, -0.1) is 5.73 Å². The highest BCUT2D eigenvalue weighted by molar-refractivity contribution is 6.74. The van der Waals surface area contributed by atoms with E-state index in [2.05, 4.69) is 46.2 Å². The van der Waals surface area contributed by atoms with Gasteiger partial charge >= 0.3 is 5.97 Å². The Kier molecular flexibility index (Phi) is 6.04. The standard InChI is InChI=1S/C24H34O6Si/c1-9-11-24-15-28-17(13-30-31(7,8)22(3,4)5)20(24)23(12-10-18(25)29-14-23)16(2)19(27-6)21(24)26/h10-12,17,20H,1,13-15H2,2-8H3/t17-,20+,23+,24+/m0/s1. The summed E-state index contributed by atoms with van der Waals surface area (Å²) in [6, 6.07) is 0. The van der Waals surface area contributed by atoms with Gasteiger partial charge in [0.15, 0.2) is 14.1 Å². The van der Waals surface area contributed by atoms with Crippen LogP contribution in [0.2, 0.25) is 18.1 Å². The Balaban J connectivity index is 2.13. The summed E-state index contributed by atoms with van der Waals surface area (Å²) < 4.78 is 23.8. The molecule has 0 bridgehead atoms. The SMILES string of the molecule is C=C=C[C@@]12CO[C@@H](CO[Si](C)(C)C(C)(C)C)[C@@H]1[C@@]1(C=CC(=O)OC1)C(C)=C(OC)C2=O. The fraction of sp³-hybridized carbons (Fsp3) is 0.625. The van der Waals surface area contributed by atoms with Crippen molar-refractivity contribution in [3.8, 4) is 0 Å². The van der Waals surface area contributed by atoms with Crippen molar-refractivity contribution in [2.75, 3.05) is 26.9 Å². The monoisotopic (exact) mass is 446 g/mol. The van der Waals surface area contributed by atoms with Crippen LogP contribution in [0.1, 0.15) is 27.7 Å². The number of allylic oxidation sites excluding steroid dienone is 1. The zero-order chi connectivity index (χ0) is 23.2. The van der Waals surface area contributed by atoms with E-state index in [4.69, 9.17) is 18.6 Å². The van der Waals surface area contributed by atoms with E-state index in [1.165, 1.54) is 13.2 Å². The van der Waals surface area contributed by atoms with Gasteiger partial charge in [0.1, 0.15) is 6.61 Å². The summed E-state index contributed by atoms with van der Waals surface area (Å²) >= 11 is 0. The maximum Gasteiger partial charge on any atom is 0.330 e. The van der Waals surface area contributed by atoms with E-state index in [0.717, 1.165) is 5.57 Å². The summed E-state index contributed by atoms with van der Waals surface area (Å²) in [6.45, 7) is 17.2. The molecule has 170 valence electrons. The topological polar surface area (TPSA) is 71.1 Å². The Hall–Kier alpha value is -1.92. The smallest absolute Gasteiger partial charge is 0.330 e. The number of Topliss-reactive ketones (excluding diaryl/α,β-unsaturated/α-hetero) is 1. The summed E-state index contributed by atoms with van der Waals surface area (Å²) in [4.78, 5) is 25.5. The number of cyclic esters (lactones) is 1. The van der Waals surface area contributed by atoms with E-state index < -0.39 is 25.1 Å². The van der Waals surface area contributed by atoms with Crippen molar-refractivity contribution in [1.29, 1.82) is 0 Å². The van der Waals surface area contributed by atoms with Crippen LogP contribution in [0.3, 0.4) is 0 Å². The number of carbonyl (C=O) groups excluding carboxylic acids is 2. The normalized spacial score (nSPS) is 33.3. The van der Waals surface area contributed by atoms with Crippen LogP contribution in [0.4, 0.5) is 0 Å². The molecule has 0 aromatic heterocycles. The Morgan fingerprint density at radius 3 is 2.52 bits per heavy atom. The fourth-order valence-corrected chi connectivity index (χ4v) is 5.81. The van der Waals surface area contributed by atoms with Crippen LogP contribution < -0.4 is 0 Å². The van der Waals surface area contributed by atoms with E-state index in [1.807, 2.05) is 13.0 Å². The van der Waals surface area contributed by atoms with Crippen LogP contribution in [-0.2, 0) is 28.2 Å². The van der Waals surface area contributed by atoms with Gasteiger partial charge in [0.2, 0.25) is 5.78 Å². The second-order valence-electron chi connectivity index (χ2n) is 10.3. The van der Waals surface area contributed by atoms with Crippen LogP contribution in [0, 0.1) is 16.7 Å². The number of hydrogen-bond acceptors (Lipinski definition) is 6. The third kappa shape index (κ3) is 3.58. The summed E-state index contributed by atoms with van der Waals surface area (Å²) in [6.07, 6.45) is 4.62. The van der Waals surface area contributed by atoms with Gasteiger partial charge in [-0.05, 0) is 36.7 Å². The van der Waals surface area contributed by atoms with E-state index in [1.54, 1.807) is 6.08 Å². The van der Waals surface area contributed by atoms with Crippen LogP contribution in [0.15, 0.2) is 41.9 Å². The first-order chi connectivity index (χ1) is 14.4. The third-order valence-corrected chi connectivity index (χ3v) is 12.1. The first kappa shape index (κ1) is 23.7. The lowest BCUT2D eigenvalue weighted by Gasteiger charge is -2.50. The number of methoxy groups -OCH3 is 1. The minimum Gasteiger partial charge on any atom is -0.493 e. The Labute approximate surface area is 186 Å². The predicted molar refractivity (Wildman–Crippen MR) is 120 cm³/mol. The number of ether oxygens (including phenoxy) is 3. The molecule has 0 radical (unpaired) electrons. The molecule has 1 spiro atoms. The third-order valence-electron chi connectivity index (χ3n) is 7.63. The van der Waals surface area contributed by atoms with Crippen molar-refractivity contribution in [2.24, 2.45) is 16.7 Å². The van der Waals surface area contributed by atoms with Crippen molar-refractivity contribution >= 4 is 20.1 Å². The fourth-order valence-electron chi connectivity index (χ4n) is 4.79. The van der Waals surface area contributed by atoms with Gasteiger partial charge in [-0.1, -0.05) is 33.4 Å². The molecule has 2 heterocycles. The molecule has 7 heteroatoms. The van der Waals surface area contributed by atoms with Crippen molar-refractivity contribution in [3.05, 3.63) is 41.9 Å². The van der Waals surface area contributed by atoms with Gasteiger partial charge < -0.3 is 18.6 Å². The molecule has 6 nitrogen and oxygen atoms in total. The summed E-state index contributed by atoms with van der Waals surface area (Å²) in [7, 11) is -0.553. The summed E-state index contributed by atoms with van der Waals surface area (Å²) in [5.74, 6) is -0.610. The Morgan fingerprint density at radius 2 is 2.00 bits per heavy atom. The van der Waals surface area contributed by atoms with Crippen molar-refractivity contribution in [2.45, 2.75) is 51.9 Å². The molecular formula is C24H34O6Si. The summed E-state index contributed by atoms with van der Waals surface area (Å²) in [5.41, 5.74) is 1.81. The molecule has 3 rings (SSSR count). The maximum absolute atomic E-state index is 13.6. The number of rotatable bonds is 5. The van der Waals surface area contributed by atoms with E-state index in [0.29, 0.717) is 6.61 Å². The molecule has 0 unspecified atom stereocenters. The van der Waals surface area contributed by atoms with Crippen molar-refractivity contribution in [1.82, 2.24) is 0 Å². The summed E-state index contributed by atoms with van der Waals surface area (Å²) in [5, 5.41) is 0.0447. The van der Waals surface area contributed by atoms with E-state index in [9.17, 15) is 9.59 Å². The Morgan fingerprint density at radius 1 is 1.32 bits per heavy atom. The highest BCUT2D eigenvalue weighted by Crippen LogP contribution is 2.59. The second kappa shape index (κ2) is 7.89. The molecule has 1 saturated heterocycles. The molecule has 2 aliphatic heterocycles. The lowest BCUT2D eigenvalue weighted by Crippen LogP contribution is -2.56. The lowest BCUT2D eigenvalue weighted by atomic mass is 9.53. The maximum atomic E-state index is 13.6. The van der Waals surface area contributed by atoms with Gasteiger partial charge in [-0.2, -0.15) is 0 Å². The molecule has 3 aliphatic rings. The molecular weight excluding hydrogens is 412 g/mol. The van der Waals surface area contributed by atoms with Crippen LogP contribution in [0.5, 0.6) is 0 Å². The van der Waals surface area contributed by atoms with E-state index in [-0.39, 0.29) is 41.8 Å². The number of hydrogen-bond donors (Lipinski definition) is 0. The average Bonchev–Trinajstić information content (AvgIpc) is 3.07. The first-order valence-electron chi connectivity index (χ1n) is 10.6. The minimum atomic E-state index is -2.04. The number of esters is 1. The molecule has 0 aromatic rings. The first-order valence-corrected chi connectivity index (χ1v) is 13.6. The van der Waals surface area contributed by atoms with Gasteiger partial charge in [-0.25, -0.2) is 4.79 Å². The zero-order valence-electron chi connectivity index (χ0n) is 19.7. The molecule has 1 fully saturated rings. The molecule has 31 heavy (non-hydrogen) atoms. The quantitative estimate of drug-likeness (QED) is 0.362. The van der Waals surface area contributed by atoms with Gasteiger partial charge in [0.05, 0.1) is 37.3 Å². The molecule has 0 aromatic carbocycles. The van der Waals surface area contributed by atoms with Gasteiger partial charge in [0, 0.05) is 12.0 Å². The van der Waals surface area contributed by atoms with Gasteiger partial charge in [-0.3, -0.25) is 4.79 Å².